The molecule has 4 rings (SSSR count). The van der Waals surface area contributed by atoms with Crippen LogP contribution in [-0.2, 0) is 17.9 Å². The summed E-state index contributed by atoms with van der Waals surface area (Å²) in [4.78, 5) is 23.8. The van der Waals surface area contributed by atoms with Crippen molar-refractivity contribution in [3.63, 3.8) is 0 Å². The molecule has 0 saturated heterocycles. The van der Waals surface area contributed by atoms with E-state index >= 15 is 0 Å². The number of phenolic OH excluding ortho intramolecular Hbond substituents is 1. The maximum atomic E-state index is 13.0. The summed E-state index contributed by atoms with van der Waals surface area (Å²) < 4.78 is 7.00. The number of rotatable bonds is 8. The second-order valence-electron chi connectivity index (χ2n) is 7.93. The smallest absolute Gasteiger partial charge is 0.252 e. The molecule has 0 radical (unpaired) electrons. The van der Waals surface area contributed by atoms with Crippen LogP contribution in [0.3, 0.4) is 0 Å². The topological polar surface area (TPSA) is 109 Å². The van der Waals surface area contributed by atoms with Crippen LogP contribution in [0.4, 0.5) is 5.82 Å². The summed E-state index contributed by atoms with van der Waals surface area (Å²) in [6.45, 7) is 6.48. The molecule has 170 valence electrons. The number of anilines is 1. The molecular weight excluding hydrogens is 420 g/mol. The fourth-order valence-corrected chi connectivity index (χ4v) is 3.60. The lowest BCUT2D eigenvalue weighted by atomic mass is 10.2. The minimum absolute atomic E-state index is 0.0764. The molecule has 2 N–H and O–H groups in total. The van der Waals surface area contributed by atoms with Gasteiger partial charge in [-0.25, -0.2) is 9.97 Å². The number of para-hydroxylation sites is 1. The number of nitrogens with zero attached hydrogens (tertiary/aromatic N) is 5. The van der Waals surface area contributed by atoms with Crippen LogP contribution in [0.5, 0.6) is 5.75 Å². The molecule has 0 aliphatic rings. The molecule has 0 atom stereocenters. The molecule has 9 heteroatoms. The first kappa shape index (κ1) is 22.2. The second kappa shape index (κ2) is 9.66. The fraction of sp³-hybridized carbons (Fsp3) is 0.250. The number of aromatic hydroxyl groups is 1. The van der Waals surface area contributed by atoms with Gasteiger partial charge in [-0.3, -0.25) is 9.69 Å². The highest BCUT2D eigenvalue weighted by molar-refractivity contribution is 5.91. The van der Waals surface area contributed by atoms with E-state index in [1.165, 1.54) is 4.68 Å². The highest BCUT2D eigenvalue weighted by Gasteiger charge is 2.18. The van der Waals surface area contributed by atoms with Gasteiger partial charge in [-0.1, -0.05) is 18.2 Å². The van der Waals surface area contributed by atoms with Crippen LogP contribution in [0.25, 0.3) is 5.95 Å². The lowest BCUT2D eigenvalue weighted by molar-refractivity contribution is -0.117. The summed E-state index contributed by atoms with van der Waals surface area (Å²) in [7, 11) is 0. The van der Waals surface area contributed by atoms with Crippen molar-refractivity contribution in [3.05, 3.63) is 83.2 Å². The first-order valence-electron chi connectivity index (χ1n) is 10.6. The SMILES string of the molecule is Cc1cc(C)nc(-n2nc(C)cc2NC(=O)CN(Cc2ccco2)Cc2ccccc2O)n1. The van der Waals surface area contributed by atoms with Gasteiger partial charge < -0.3 is 14.8 Å². The number of carbonyl (C=O) groups is 1. The quantitative estimate of drug-likeness (QED) is 0.426. The van der Waals surface area contributed by atoms with Gasteiger partial charge in [-0.2, -0.15) is 9.78 Å². The van der Waals surface area contributed by atoms with Crippen molar-refractivity contribution in [1.82, 2.24) is 24.6 Å². The van der Waals surface area contributed by atoms with Crippen molar-refractivity contribution in [1.29, 1.82) is 0 Å². The number of furan rings is 1. The predicted molar refractivity (Wildman–Crippen MR) is 123 cm³/mol. The van der Waals surface area contributed by atoms with Gasteiger partial charge in [0.05, 0.1) is 25.0 Å². The average Bonchev–Trinajstić information content (AvgIpc) is 3.38. The molecule has 0 aliphatic carbocycles. The third-order valence-corrected chi connectivity index (χ3v) is 4.97. The minimum Gasteiger partial charge on any atom is -0.508 e. The minimum atomic E-state index is -0.234. The zero-order valence-electron chi connectivity index (χ0n) is 18.8. The van der Waals surface area contributed by atoms with Crippen molar-refractivity contribution >= 4 is 11.7 Å². The zero-order valence-corrected chi connectivity index (χ0v) is 18.8. The Morgan fingerprint density at radius 2 is 1.79 bits per heavy atom. The summed E-state index contributed by atoms with van der Waals surface area (Å²) in [5.74, 6) is 1.56. The lowest BCUT2D eigenvalue weighted by Crippen LogP contribution is -2.33. The van der Waals surface area contributed by atoms with E-state index in [0.717, 1.165) is 28.4 Å². The molecule has 0 spiro atoms. The molecule has 3 heterocycles. The van der Waals surface area contributed by atoms with Crippen molar-refractivity contribution in [2.45, 2.75) is 33.9 Å². The zero-order chi connectivity index (χ0) is 23.4. The van der Waals surface area contributed by atoms with Crippen LogP contribution >= 0.6 is 0 Å². The Bertz CT molecular complexity index is 1230. The van der Waals surface area contributed by atoms with E-state index < -0.39 is 0 Å². The van der Waals surface area contributed by atoms with E-state index in [9.17, 15) is 9.90 Å². The van der Waals surface area contributed by atoms with E-state index in [-0.39, 0.29) is 18.2 Å². The van der Waals surface area contributed by atoms with E-state index in [1.54, 1.807) is 30.5 Å². The fourth-order valence-electron chi connectivity index (χ4n) is 3.60. The second-order valence-corrected chi connectivity index (χ2v) is 7.93. The molecule has 0 bridgehead atoms. The van der Waals surface area contributed by atoms with Crippen molar-refractivity contribution in [2.24, 2.45) is 0 Å². The number of aromatic nitrogens is 4. The van der Waals surface area contributed by atoms with Crippen molar-refractivity contribution in [3.8, 4) is 11.7 Å². The van der Waals surface area contributed by atoms with Gasteiger partial charge in [0, 0.05) is 29.6 Å². The number of benzene rings is 1. The molecule has 4 aromatic rings. The largest absolute Gasteiger partial charge is 0.508 e. The molecular formula is C24H26N6O3. The first-order valence-corrected chi connectivity index (χ1v) is 10.6. The number of amides is 1. The van der Waals surface area contributed by atoms with Gasteiger partial charge in [0.1, 0.15) is 17.3 Å². The van der Waals surface area contributed by atoms with Crippen LogP contribution in [-0.4, -0.2) is 42.2 Å². The van der Waals surface area contributed by atoms with E-state index in [1.807, 2.05) is 49.9 Å². The Balaban J connectivity index is 1.53. The molecule has 0 unspecified atom stereocenters. The lowest BCUT2D eigenvalue weighted by Gasteiger charge is -2.21. The van der Waals surface area contributed by atoms with Gasteiger partial charge in [0.25, 0.3) is 5.95 Å². The Kier molecular flexibility index (Phi) is 6.50. The van der Waals surface area contributed by atoms with Crippen LogP contribution in [0, 0.1) is 20.8 Å². The number of phenols is 1. The Morgan fingerprint density at radius 3 is 2.48 bits per heavy atom. The van der Waals surface area contributed by atoms with E-state index in [2.05, 4.69) is 20.4 Å². The third kappa shape index (κ3) is 5.64. The molecule has 33 heavy (non-hydrogen) atoms. The molecule has 0 aliphatic heterocycles. The summed E-state index contributed by atoms with van der Waals surface area (Å²) in [6.07, 6.45) is 1.60. The predicted octanol–water partition coefficient (Wildman–Crippen LogP) is 3.53. The van der Waals surface area contributed by atoms with Crippen molar-refractivity contribution < 1.29 is 14.3 Å². The first-order chi connectivity index (χ1) is 15.9. The monoisotopic (exact) mass is 446 g/mol. The third-order valence-electron chi connectivity index (χ3n) is 4.97. The van der Waals surface area contributed by atoms with Gasteiger partial charge >= 0.3 is 0 Å². The molecule has 3 aromatic heterocycles. The van der Waals surface area contributed by atoms with Crippen LogP contribution in [0.15, 0.2) is 59.2 Å². The molecule has 0 saturated carbocycles. The van der Waals surface area contributed by atoms with Gasteiger partial charge in [-0.15, -0.1) is 0 Å². The number of carbonyl (C=O) groups excluding carboxylic acids is 1. The van der Waals surface area contributed by atoms with Crippen LogP contribution in [0.1, 0.15) is 28.4 Å². The molecule has 1 amide bonds. The standard InChI is InChI=1S/C24H26N6O3/c1-16-11-17(2)26-24(25-16)30-22(12-18(3)28-30)27-23(32)15-29(14-20-8-6-10-33-20)13-19-7-4-5-9-21(19)31/h4-12,31H,13-15H2,1-3H3,(H,27,32). The highest BCUT2D eigenvalue weighted by atomic mass is 16.3. The van der Waals surface area contributed by atoms with Gasteiger partial charge in [-0.05, 0) is 45.0 Å². The number of aryl methyl sites for hydroxylation is 3. The normalized spacial score (nSPS) is 11.2. The Labute approximate surface area is 191 Å². The van der Waals surface area contributed by atoms with Gasteiger partial charge in [0.15, 0.2) is 0 Å². The van der Waals surface area contributed by atoms with Gasteiger partial charge in [0.2, 0.25) is 5.91 Å². The van der Waals surface area contributed by atoms with Crippen LogP contribution < -0.4 is 5.32 Å². The number of hydrogen-bond donors (Lipinski definition) is 2. The summed E-state index contributed by atoms with van der Waals surface area (Å²) >= 11 is 0. The van der Waals surface area contributed by atoms with Crippen LogP contribution in [0.2, 0.25) is 0 Å². The summed E-state index contributed by atoms with van der Waals surface area (Å²) in [6, 6.07) is 14.4. The number of nitrogens with one attached hydrogen (secondary N) is 1. The Morgan fingerprint density at radius 1 is 1.03 bits per heavy atom. The molecule has 0 fully saturated rings. The maximum absolute atomic E-state index is 13.0. The Hall–Kier alpha value is -3.98. The number of hydrogen-bond acceptors (Lipinski definition) is 7. The average molecular weight is 447 g/mol. The molecule has 1 aromatic carbocycles. The van der Waals surface area contributed by atoms with Crippen molar-refractivity contribution in [2.75, 3.05) is 11.9 Å². The highest BCUT2D eigenvalue weighted by Crippen LogP contribution is 2.20. The maximum Gasteiger partial charge on any atom is 0.252 e. The molecule has 9 nitrogen and oxygen atoms in total. The summed E-state index contributed by atoms with van der Waals surface area (Å²) in [5.41, 5.74) is 3.08. The van der Waals surface area contributed by atoms with E-state index in [4.69, 9.17) is 4.42 Å². The van der Waals surface area contributed by atoms with E-state index in [0.29, 0.717) is 24.9 Å². The summed E-state index contributed by atoms with van der Waals surface area (Å²) in [5, 5.41) is 17.6.